The first kappa shape index (κ1) is 25.3. The summed E-state index contributed by atoms with van der Waals surface area (Å²) < 4.78 is 54.3. The van der Waals surface area contributed by atoms with E-state index in [4.69, 9.17) is 9.47 Å². The number of hydrogen-bond acceptors (Lipinski definition) is 7. The average Bonchev–Trinajstić information content (AvgIpc) is 3.56. The Kier molecular flexibility index (Phi) is 7.06. The summed E-state index contributed by atoms with van der Waals surface area (Å²) in [7, 11) is -2.73. The van der Waals surface area contributed by atoms with Crippen LogP contribution in [0.15, 0.2) is 47.4 Å². The van der Waals surface area contributed by atoms with Crippen LogP contribution in [0.1, 0.15) is 28.9 Å². The van der Waals surface area contributed by atoms with E-state index in [1.54, 1.807) is 0 Å². The number of halogens is 1. The van der Waals surface area contributed by atoms with E-state index >= 15 is 0 Å². The molecular formula is C23H23FN4O7S. The zero-order valence-corrected chi connectivity index (χ0v) is 20.1. The maximum atomic E-state index is 13.5. The molecule has 3 aromatic rings. The summed E-state index contributed by atoms with van der Waals surface area (Å²) in [4.78, 5) is 23.4. The SMILES string of the molecule is COCC(=O)Nc1ccc(Oc2c(C)c(C(=O)O)nn2-c2ccc(F)cc2)c(S(=O)(=O)NC2CC2)c1. The molecule has 4 rings (SSSR count). The van der Waals surface area contributed by atoms with Gasteiger partial charge in [0.2, 0.25) is 21.8 Å². The largest absolute Gasteiger partial charge is 0.476 e. The number of carboxylic acid groups (broad SMARTS) is 1. The van der Waals surface area contributed by atoms with Crippen LogP contribution in [0.4, 0.5) is 10.1 Å². The van der Waals surface area contributed by atoms with Crippen molar-refractivity contribution in [3.05, 3.63) is 59.5 Å². The van der Waals surface area contributed by atoms with Crippen molar-refractivity contribution in [3.8, 4) is 17.3 Å². The molecule has 190 valence electrons. The van der Waals surface area contributed by atoms with Gasteiger partial charge in [-0.05, 0) is 62.2 Å². The summed E-state index contributed by atoms with van der Waals surface area (Å²) >= 11 is 0. The first-order chi connectivity index (χ1) is 17.1. The monoisotopic (exact) mass is 518 g/mol. The lowest BCUT2D eigenvalue weighted by molar-refractivity contribution is -0.119. The van der Waals surface area contributed by atoms with Gasteiger partial charge in [-0.3, -0.25) is 4.79 Å². The molecule has 1 heterocycles. The number of sulfonamides is 1. The van der Waals surface area contributed by atoms with E-state index < -0.39 is 27.7 Å². The number of nitrogens with one attached hydrogen (secondary N) is 2. The zero-order chi connectivity index (χ0) is 26.0. The first-order valence-corrected chi connectivity index (χ1v) is 12.3. The molecule has 0 radical (unpaired) electrons. The molecule has 1 amide bonds. The number of benzene rings is 2. The molecule has 2 aromatic carbocycles. The van der Waals surface area contributed by atoms with Gasteiger partial charge in [-0.15, -0.1) is 0 Å². The molecule has 0 spiro atoms. The molecule has 0 unspecified atom stereocenters. The summed E-state index contributed by atoms with van der Waals surface area (Å²) in [5, 5.41) is 16.2. The number of aromatic carboxylic acids is 1. The van der Waals surface area contributed by atoms with Gasteiger partial charge < -0.3 is 19.9 Å². The van der Waals surface area contributed by atoms with Crippen LogP contribution in [-0.2, 0) is 19.6 Å². The van der Waals surface area contributed by atoms with Crippen molar-refractivity contribution in [1.82, 2.24) is 14.5 Å². The van der Waals surface area contributed by atoms with Crippen LogP contribution in [0.5, 0.6) is 11.6 Å². The third-order valence-electron chi connectivity index (χ3n) is 5.24. The molecule has 3 N–H and O–H groups in total. The van der Waals surface area contributed by atoms with Crippen molar-refractivity contribution >= 4 is 27.6 Å². The maximum absolute atomic E-state index is 13.5. The number of carboxylic acids is 1. The number of carbonyl (C=O) groups is 2. The molecule has 1 aliphatic carbocycles. The highest BCUT2D eigenvalue weighted by Crippen LogP contribution is 2.36. The Morgan fingerprint density at radius 3 is 2.50 bits per heavy atom. The Morgan fingerprint density at radius 2 is 1.89 bits per heavy atom. The second-order valence-electron chi connectivity index (χ2n) is 8.11. The number of hydrogen-bond donors (Lipinski definition) is 3. The van der Waals surface area contributed by atoms with Crippen molar-refractivity contribution < 1.29 is 37.0 Å². The minimum absolute atomic E-state index is 0.0713. The average molecular weight is 519 g/mol. The van der Waals surface area contributed by atoms with E-state index in [9.17, 15) is 27.5 Å². The van der Waals surface area contributed by atoms with E-state index in [2.05, 4.69) is 15.1 Å². The van der Waals surface area contributed by atoms with Gasteiger partial charge in [-0.1, -0.05) is 0 Å². The molecule has 1 aliphatic rings. The van der Waals surface area contributed by atoms with Gasteiger partial charge >= 0.3 is 5.97 Å². The van der Waals surface area contributed by atoms with E-state index in [0.717, 1.165) is 4.68 Å². The highest BCUT2D eigenvalue weighted by molar-refractivity contribution is 7.89. The molecule has 36 heavy (non-hydrogen) atoms. The molecule has 1 saturated carbocycles. The Labute approximate surface area is 205 Å². The lowest BCUT2D eigenvalue weighted by Crippen LogP contribution is -2.26. The number of nitrogens with zero attached hydrogens (tertiary/aromatic N) is 2. The lowest BCUT2D eigenvalue weighted by Gasteiger charge is -2.16. The number of carbonyl (C=O) groups excluding carboxylic acids is 1. The standard InChI is InChI=1S/C23H23FN4O7S/c1-13-21(23(30)31)26-28(17-8-3-14(24)4-9-17)22(13)35-18-10-7-16(25-20(29)12-34-2)11-19(18)36(32,33)27-15-5-6-15/h3-4,7-11,15,27H,5-6,12H2,1-2H3,(H,25,29)(H,30,31). The Morgan fingerprint density at radius 1 is 1.19 bits per heavy atom. The minimum atomic E-state index is -4.08. The summed E-state index contributed by atoms with van der Waals surface area (Å²) in [6, 6.07) is 8.89. The fraction of sp³-hybridized carbons (Fsp3) is 0.261. The Balaban J connectivity index is 1.80. The second kappa shape index (κ2) is 10.0. The summed E-state index contributed by atoms with van der Waals surface area (Å²) in [5.74, 6) is -2.51. The molecule has 0 aliphatic heterocycles. The predicted molar refractivity (Wildman–Crippen MR) is 126 cm³/mol. The second-order valence-corrected chi connectivity index (χ2v) is 9.79. The summed E-state index contributed by atoms with van der Waals surface area (Å²) in [5.41, 5.74) is 0.294. The number of aromatic nitrogens is 2. The fourth-order valence-corrected chi connectivity index (χ4v) is 4.82. The normalized spacial score (nSPS) is 13.4. The van der Waals surface area contributed by atoms with Gasteiger partial charge in [0.05, 0.1) is 5.69 Å². The third kappa shape index (κ3) is 5.53. The number of anilines is 1. The van der Waals surface area contributed by atoms with Crippen molar-refractivity contribution in [3.63, 3.8) is 0 Å². The van der Waals surface area contributed by atoms with Crippen LogP contribution in [0, 0.1) is 12.7 Å². The first-order valence-electron chi connectivity index (χ1n) is 10.8. The van der Waals surface area contributed by atoms with E-state index in [1.165, 1.54) is 56.5 Å². The molecule has 1 fully saturated rings. The molecular weight excluding hydrogens is 495 g/mol. The highest BCUT2D eigenvalue weighted by Gasteiger charge is 2.31. The number of amides is 1. The summed E-state index contributed by atoms with van der Waals surface area (Å²) in [6.45, 7) is 1.23. The van der Waals surface area contributed by atoms with Gasteiger partial charge in [0.1, 0.15) is 23.1 Å². The van der Waals surface area contributed by atoms with Crippen LogP contribution in [0.25, 0.3) is 5.69 Å². The van der Waals surface area contributed by atoms with Gasteiger partial charge in [0.15, 0.2) is 5.69 Å². The van der Waals surface area contributed by atoms with E-state index in [1.807, 2.05) is 0 Å². The van der Waals surface area contributed by atoms with Gasteiger partial charge in [0.25, 0.3) is 0 Å². The van der Waals surface area contributed by atoms with Gasteiger partial charge in [-0.2, -0.15) is 9.78 Å². The predicted octanol–water partition coefficient (Wildman–Crippen LogP) is 2.84. The third-order valence-corrected chi connectivity index (χ3v) is 6.78. The van der Waals surface area contributed by atoms with E-state index in [-0.39, 0.29) is 46.1 Å². The van der Waals surface area contributed by atoms with Crippen LogP contribution in [-0.4, -0.2) is 54.9 Å². The zero-order valence-electron chi connectivity index (χ0n) is 19.3. The quantitative estimate of drug-likeness (QED) is 0.371. The maximum Gasteiger partial charge on any atom is 0.356 e. The smallest absolute Gasteiger partial charge is 0.356 e. The fourth-order valence-electron chi connectivity index (χ4n) is 3.36. The van der Waals surface area contributed by atoms with E-state index in [0.29, 0.717) is 18.5 Å². The van der Waals surface area contributed by atoms with Crippen molar-refractivity contribution in [1.29, 1.82) is 0 Å². The molecule has 0 saturated heterocycles. The molecule has 1 aromatic heterocycles. The molecule has 13 heteroatoms. The van der Waals surface area contributed by atoms with Crippen LogP contribution < -0.4 is 14.8 Å². The topological polar surface area (TPSA) is 149 Å². The lowest BCUT2D eigenvalue weighted by atomic mass is 10.2. The van der Waals surface area contributed by atoms with Crippen LogP contribution in [0.3, 0.4) is 0 Å². The Bertz CT molecular complexity index is 1420. The molecule has 0 bridgehead atoms. The molecule has 0 atom stereocenters. The van der Waals surface area contributed by atoms with Gasteiger partial charge in [0, 0.05) is 24.4 Å². The van der Waals surface area contributed by atoms with Crippen LogP contribution in [0.2, 0.25) is 0 Å². The van der Waals surface area contributed by atoms with Crippen molar-refractivity contribution in [2.24, 2.45) is 0 Å². The number of rotatable bonds is 10. The van der Waals surface area contributed by atoms with Crippen LogP contribution >= 0.6 is 0 Å². The van der Waals surface area contributed by atoms with Crippen molar-refractivity contribution in [2.75, 3.05) is 19.0 Å². The Hall–Kier alpha value is -3.81. The number of ether oxygens (including phenoxy) is 2. The highest BCUT2D eigenvalue weighted by atomic mass is 32.2. The minimum Gasteiger partial charge on any atom is -0.476 e. The number of methoxy groups -OCH3 is 1. The summed E-state index contributed by atoms with van der Waals surface area (Å²) in [6.07, 6.45) is 1.39. The molecule has 11 nitrogen and oxygen atoms in total. The van der Waals surface area contributed by atoms with Gasteiger partial charge in [-0.25, -0.2) is 22.3 Å². The van der Waals surface area contributed by atoms with Crippen molar-refractivity contribution in [2.45, 2.75) is 30.7 Å².